The third-order valence-electron chi connectivity index (χ3n) is 3.95. The molecule has 19 heavy (non-hydrogen) atoms. The predicted molar refractivity (Wildman–Crippen MR) is 80.3 cm³/mol. The Labute approximate surface area is 121 Å². The van der Waals surface area contributed by atoms with Crippen LogP contribution in [0.2, 0.25) is 0 Å². The number of hydrogen-bond acceptors (Lipinski definition) is 2. The van der Waals surface area contributed by atoms with Crippen molar-refractivity contribution in [3.8, 4) is 0 Å². The minimum absolute atomic E-state index is 0. The molecule has 0 bridgehead atoms. The summed E-state index contributed by atoms with van der Waals surface area (Å²) in [5, 5.41) is 3.25. The topological polar surface area (TPSA) is 15.3 Å². The van der Waals surface area contributed by atoms with Gasteiger partial charge in [-0.2, -0.15) is 0 Å². The maximum absolute atomic E-state index is 13.8. The second-order valence-corrected chi connectivity index (χ2v) is 5.26. The zero-order valence-electron chi connectivity index (χ0n) is 11.7. The van der Waals surface area contributed by atoms with Gasteiger partial charge in [0.05, 0.1) is 0 Å². The smallest absolute Gasteiger partial charge is 0.127 e. The van der Waals surface area contributed by atoms with Gasteiger partial charge in [0, 0.05) is 18.2 Å². The molecule has 1 aromatic rings. The molecule has 2 unspecified atom stereocenters. The highest BCUT2D eigenvalue weighted by Gasteiger charge is 2.25. The van der Waals surface area contributed by atoms with Crippen LogP contribution in [0, 0.1) is 11.7 Å². The molecule has 1 aliphatic rings. The number of benzene rings is 1. The lowest BCUT2D eigenvalue weighted by Crippen LogP contribution is -2.40. The summed E-state index contributed by atoms with van der Waals surface area (Å²) in [5.41, 5.74) is 0.822. The SMILES string of the molecule is CNCC1CCCN(C(C)c2ccccc2F)C1.Cl. The van der Waals surface area contributed by atoms with Crippen molar-refractivity contribution in [3.63, 3.8) is 0 Å². The summed E-state index contributed by atoms with van der Waals surface area (Å²) in [6, 6.07) is 7.31. The number of nitrogens with one attached hydrogen (secondary N) is 1. The number of likely N-dealkylation sites (tertiary alicyclic amines) is 1. The first-order valence-corrected chi connectivity index (χ1v) is 6.85. The summed E-state index contributed by atoms with van der Waals surface area (Å²) in [6.07, 6.45) is 2.49. The Bertz CT molecular complexity index is 384. The summed E-state index contributed by atoms with van der Waals surface area (Å²) in [5.74, 6) is 0.610. The van der Waals surface area contributed by atoms with E-state index in [2.05, 4.69) is 17.1 Å². The van der Waals surface area contributed by atoms with Crippen LogP contribution in [0.5, 0.6) is 0 Å². The lowest BCUT2D eigenvalue weighted by Gasteiger charge is -2.37. The lowest BCUT2D eigenvalue weighted by atomic mass is 9.95. The Morgan fingerprint density at radius 3 is 2.84 bits per heavy atom. The van der Waals surface area contributed by atoms with Crippen LogP contribution in [-0.2, 0) is 0 Å². The molecule has 1 aromatic carbocycles. The molecule has 0 saturated carbocycles. The molecule has 1 N–H and O–H groups in total. The van der Waals surface area contributed by atoms with Crippen molar-refractivity contribution in [1.82, 2.24) is 10.2 Å². The minimum atomic E-state index is -0.0826. The fraction of sp³-hybridized carbons (Fsp3) is 0.600. The zero-order valence-corrected chi connectivity index (χ0v) is 12.5. The molecule has 2 atom stereocenters. The van der Waals surface area contributed by atoms with E-state index in [1.165, 1.54) is 12.8 Å². The van der Waals surface area contributed by atoms with Gasteiger partial charge in [-0.15, -0.1) is 12.4 Å². The largest absolute Gasteiger partial charge is 0.319 e. The molecular weight excluding hydrogens is 263 g/mol. The normalized spacial score (nSPS) is 21.7. The number of piperidine rings is 1. The first kappa shape index (κ1) is 16.4. The maximum Gasteiger partial charge on any atom is 0.127 e. The van der Waals surface area contributed by atoms with Crippen molar-refractivity contribution in [3.05, 3.63) is 35.6 Å². The van der Waals surface area contributed by atoms with E-state index in [-0.39, 0.29) is 24.3 Å². The number of nitrogens with zero attached hydrogens (tertiary/aromatic N) is 1. The molecule has 2 rings (SSSR count). The average Bonchev–Trinajstić information content (AvgIpc) is 2.39. The second kappa shape index (κ2) is 7.83. The monoisotopic (exact) mass is 286 g/mol. The molecule has 4 heteroatoms. The molecule has 108 valence electrons. The lowest BCUT2D eigenvalue weighted by molar-refractivity contribution is 0.129. The standard InChI is InChI=1S/C15H23FN2.ClH/c1-12(14-7-3-4-8-15(14)16)18-9-5-6-13(11-18)10-17-2;/h3-4,7-8,12-13,17H,5-6,9-11H2,1-2H3;1H. The van der Waals surface area contributed by atoms with Gasteiger partial charge in [0.2, 0.25) is 0 Å². The van der Waals surface area contributed by atoms with Crippen LogP contribution >= 0.6 is 12.4 Å². The Morgan fingerprint density at radius 1 is 1.42 bits per heavy atom. The molecule has 0 amide bonds. The molecular formula is C15H24ClFN2. The Hall–Kier alpha value is -0.640. The molecule has 1 aliphatic heterocycles. The molecule has 1 heterocycles. The number of rotatable bonds is 4. The fourth-order valence-electron chi connectivity index (χ4n) is 2.91. The predicted octanol–water partition coefficient (Wildman–Crippen LogP) is 3.24. The Balaban J connectivity index is 0.00000180. The Morgan fingerprint density at radius 2 is 2.16 bits per heavy atom. The van der Waals surface area contributed by atoms with Crippen LogP contribution in [0.4, 0.5) is 4.39 Å². The number of hydrogen-bond donors (Lipinski definition) is 1. The first-order valence-electron chi connectivity index (χ1n) is 6.85. The third kappa shape index (κ3) is 4.16. The quantitative estimate of drug-likeness (QED) is 0.914. The number of halogens is 2. The van der Waals surface area contributed by atoms with E-state index in [1.807, 2.05) is 19.2 Å². The highest BCUT2D eigenvalue weighted by atomic mass is 35.5. The van der Waals surface area contributed by atoms with E-state index < -0.39 is 0 Å². The summed E-state index contributed by atoms with van der Waals surface area (Å²) in [4.78, 5) is 2.41. The van der Waals surface area contributed by atoms with Crippen LogP contribution in [0.3, 0.4) is 0 Å². The van der Waals surface area contributed by atoms with Crippen molar-refractivity contribution < 1.29 is 4.39 Å². The summed E-state index contributed by atoms with van der Waals surface area (Å²) >= 11 is 0. The second-order valence-electron chi connectivity index (χ2n) is 5.26. The van der Waals surface area contributed by atoms with Gasteiger partial charge in [0.1, 0.15) is 5.82 Å². The summed E-state index contributed by atoms with van der Waals surface area (Å²) < 4.78 is 13.8. The first-order chi connectivity index (χ1) is 8.72. The highest BCUT2D eigenvalue weighted by Crippen LogP contribution is 2.27. The maximum atomic E-state index is 13.8. The van der Waals surface area contributed by atoms with E-state index in [0.717, 1.165) is 25.2 Å². The van der Waals surface area contributed by atoms with Gasteiger partial charge in [-0.25, -0.2) is 4.39 Å². The summed E-state index contributed by atoms with van der Waals surface area (Å²) in [6.45, 7) is 5.31. The highest BCUT2D eigenvalue weighted by molar-refractivity contribution is 5.85. The van der Waals surface area contributed by atoms with Crippen molar-refractivity contribution in [1.29, 1.82) is 0 Å². The van der Waals surface area contributed by atoms with Crippen LogP contribution < -0.4 is 5.32 Å². The van der Waals surface area contributed by atoms with Gasteiger partial charge in [-0.3, -0.25) is 4.90 Å². The van der Waals surface area contributed by atoms with Crippen molar-refractivity contribution in [2.75, 3.05) is 26.7 Å². The fourth-order valence-corrected chi connectivity index (χ4v) is 2.91. The van der Waals surface area contributed by atoms with Gasteiger partial charge < -0.3 is 5.32 Å². The van der Waals surface area contributed by atoms with E-state index in [9.17, 15) is 4.39 Å². The molecule has 0 aliphatic carbocycles. The molecule has 0 spiro atoms. The zero-order chi connectivity index (χ0) is 13.0. The van der Waals surface area contributed by atoms with Crippen LogP contribution in [0.15, 0.2) is 24.3 Å². The molecule has 2 nitrogen and oxygen atoms in total. The minimum Gasteiger partial charge on any atom is -0.319 e. The summed E-state index contributed by atoms with van der Waals surface area (Å²) in [7, 11) is 2.00. The van der Waals surface area contributed by atoms with Crippen molar-refractivity contribution >= 4 is 12.4 Å². The van der Waals surface area contributed by atoms with Gasteiger partial charge in [-0.1, -0.05) is 18.2 Å². The van der Waals surface area contributed by atoms with E-state index >= 15 is 0 Å². The van der Waals surface area contributed by atoms with Crippen molar-refractivity contribution in [2.45, 2.75) is 25.8 Å². The van der Waals surface area contributed by atoms with Gasteiger partial charge >= 0.3 is 0 Å². The average molecular weight is 287 g/mol. The van der Waals surface area contributed by atoms with Gasteiger partial charge in [-0.05, 0) is 51.9 Å². The van der Waals surface area contributed by atoms with E-state index in [1.54, 1.807) is 12.1 Å². The molecule has 1 saturated heterocycles. The van der Waals surface area contributed by atoms with Crippen molar-refractivity contribution in [2.24, 2.45) is 5.92 Å². The molecule has 0 radical (unpaired) electrons. The van der Waals surface area contributed by atoms with Crippen LogP contribution in [0.1, 0.15) is 31.4 Å². The van der Waals surface area contributed by atoms with Gasteiger partial charge in [0.25, 0.3) is 0 Å². The van der Waals surface area contributed by atoms with Gasteiger partial charge in [0.15, 0.2) is 0 Å². The third-order valence-corrected chi connectivity index (χ3v) is 3.95. The Kier molecular flexibility index (Phi) is 6.76. The molecule has 1 fully saturated rings. The van der Waals surface area contributed by atoms with E-state index in [4.69, 9.17) is 0 Å². The van der Waals surface area contributed by atoms with Crippen LogP contribution in [0.25, 0.3) is 0 Å². The van der Waals surface area contributed by atoms with Crippen LogP contribution in [-0.4, -0.2) is 31.6 Å². The molecule has 0 aromatic heterocycles. The van der Waals surface area contributed by atoms with E-state index in [0.29, 0.717) is 5.92 Å².